The van der Waals surface area contributed by atoms with Crippen molar-refractivity contribution in [3.8, 4) is 0 Å². The molecule has 1 aromatic rings. The first-order valence-electron chi connectivity index (χ1n) is 6.32. The molecule has 0 bridgehead atoms. The van der Waals surface area contributed by atoms with Crippen molar-refractivity contribution in [2.24, 2.45) is 0 Å². The van der Waals surface area contributed by atoms with E-state index in [1.165, 1.54) is 19.3 Å². The monoisotopic (exact) mass is 254 g/mol. The Morgan fingerprint density at radius 2 is 2.29 bits per heavy atom. The smallest absolute Gasteiger partial charge is 0.226 e. The van der Waals surface area contributed by atoms with E-state index in [1.54, 1.807) is 11.3 Å². The zero-order chi connectivity index (χ0) is 12.7. The summed E-state index contributed by atoms with van der Waals surface area (Å²) in [5.74, 6) is 0.0827. The molecule has 3 nitrogen and oxygen atoms in total. The molecular formula is C13H22N2OS. The predicted octanol–water partition coefficient (Wildman–Crippen LogP) is 3.08. The number of carbonyl (C=O) groups is 1. The molecule has 0 aliphatic rings. The van der Waals surface area contributed by atoms with Crippen molar-refractivity contribution in [1.29, 1.82) is 0 Å². The van der Waals surface area contributed by atoms with Crippen LogP contribution in [0.2, 0.25) is 0 Å². The molecule has 1 amide bonds. The zero-order valence-electron chi connectivity index (χ0n) is 11.0. The van der Waals surface area contributed by atoms with Gasteiger partial charge in [0, 0.05) is 11.4 Å². The van der Waals surface area contributed by atoms with Gasteiger partial charge in [0.1, 0.15) is 0 Å². The van der Waals surface area contributed by atoms with Gasteiger partial charge in [-0.05, 0) is 20.3 Å². The minimum absolute atomic E-state index is 0.0827. The predicted molar refractivity (Wildman–Crippen MR) is 72.3 cm³/mol. The molecule has 0 spiro atoms. The highest BCUT2D eigenvalue weighted by Gasteiger charge is 2.09. The molecule has 0 aliphatic heterocycles. The fraction of sp³-hybridized carbons (Fsp3) is 0.692. The second kappa shape index (κ2) is 7.43. The lowest BCUT2D eigenvalue weighted by Gasteiger charge is -2.12. The third kappa shape index (κ3) is 5.82. The van der Waals surface area contributed by atoms with Crippen molar-refractivity contribution in [3.05, 3.63) is 16.1 Å². The molecule has 4 heteroatoms. The Kier molecular flexibility index (Phi) is 6.19. The van der Waals surface area contributed by atoms with Crippen LogP contribution in [0.4, 0.5) is 0 Å². The molecule has 1 rings (SSSR count). The van der Waals surface area contributed by atoms with Gasteiger partial charge in [-0.3, -0.25) is 4.79 Å². The highest BCUT2D eigenvalue weighted by molar-refractivity contribution is 7.09. The van der Waals surface area contributed by atoms with Crippen LogP contribution in [0.5, 0.6) is 0 Å². The summed E-state index contributed by atoms with van der Waals surface area (Å²) in [6, 6.07) is 0.272. The second-order valence-electron chi connectivity index (χ2n) is 4.50. The number of amides is 1. The summed E-state index contributed by atoms with van der Waals surface area (Å²) in [6.45, 7) is 6.22. The summed E-state index contributed by atoms with van der Waals surface area (Å²) >= 11 is 1.59. The number of aryl methyl sites for hydroxylation is 1. The Morgan fingerprint density at radius 1 is 1.53 bits per heavy atom. The van der Waals surface area contributed by atoms with E-state index in [0.29, 0.717) is 6.42 Å². The normalized spacial score (nSPS) is 12.4. The number of carbonyl (C=O) groups excluding carboxylic acids is 1. The summed E-state index contributed by atoms with van der Waals surface area (Å²) in [6.07, 6.45) is 5.12. The van der Waals surface area contributed by atoms with Gasteiger partial charge in [-0.15, -0.1) is 11.3 Å². The molecular weight excluding hydrogens is 232 g/mol. The van der Waals surface area contributed by atoms with Gasteiger partial charge in [0.2, 0.25) is 5.91 Å². The fourth-order valence-electron chi connectivity index (χ4n) is 1.75. The number of hydrogen-bond donors (Lipinski definition) is 1. The van der Waals surface area contributed by atoms with Crippen LogP contribution in [0.25, 0.3) is 0 Å². The quantitative estimate of drug-likeness (QED) is 0.760. The van der Waals surface area contributed by atoms with Crippen molar-refractivity contribution in [2.75, 3.05) is 0 Å². The van der Waals surface area contributed by atoms with Crippen LogP contribution in [0.1, 0.15) is 50.2 Å². The summed E-state index contributed by atoms with van der Waals surface area (Å²) in [5.41, 5.74) is 0.880. The van der Waals surface area contributed by atoms with E-state index in [0.717, 1.165) is 17.1 Å². The number of nitrogens with zero attached hydrogens (tertiary/aromatic N) is 1. The molecule has 17 heavy (non-hydrogen) atoms. The lowest BCUT2D eigenvalue weighted by atomic mass is 10.1. The number of thiazole rings is 1. The van der Waals surface area contributed by atoms with Gasteiger partial charge in [0.25, 0.3) is 0 Å². The minimum Gasteiger partial charge on any atom is -0.353 e. The molecule has 0 aliphatic carbocycles. The lowest BCUT2D eigenvalue weighted by molar-refractivity contribution is -0.121. The van der Waals surface area contributed by atoms with E-state index < -0.39 is 0 Å². The van der Waals surface area contributed by atoms with Gasteiger partial charge in [0.05, 0.1) is 17.1 Å². The summed E-state index contributed by atoms with van der Waals surface area (Å²) in [5, 5.41) is 5.99. The molecule has 0 aromatic carbocycles. The molecule has 1 N–H and O–H groups in total. The second-order valence-corrected chi connectivity index (χ2v) is 5.56. The molecule has 1 unspecified atom stereocenters. The van der Waals surface area contributed by atoms with Crippen molar-refractivity contribution in [3.63, 3.8) is 0 Å². The molecule has 0 fully saturated rings. The fourth-order valence-corrected chi connectivity index (χ4v) is 2.37. The summed E-state index contributed by atoms with van der Waals surface area (Å²) in [7, 11) is 0. The van der Waals surface area contributed by atoms with Crippen LogP contribution in [0.15, 0.2) is 5.38 Å². The Hall–Kier alpha value is -0.900. The van der Waals surface area contributed by atoms with Gasteiger partial charge >= 0.3 is 0 Å². The highest BCUT2D eigenvalue weighted by atomic mass is 32.1. The van der Waals surface area contributed by atoms with E-state index in [2.05, 4.69) is 24.1 Å². The Labute approximate surface area is 108 Å². The number of aromatic nitrogens is 1. The maximum Gasteiger partial charge on any atom is 0.226 e. The van der Waals surface area contributed by atoms with Gasteiger partial charge in [-0.2, -0.15) is 0 Å². The van der Waals surface area contributed by atoms with E-state index in [-0.39, 0.29) is 11.9 Å². The third-order valence-electron chi connectivity index (χ3n) is 2.66. The molecule has 1 atom stereocenters. The summed E-state index contributed by atoms with van der Waals surface area (Å²) in [4.78, 5) is 16.0. The largest absolute Gasteiger partial charge is 0.353 e. The average molecular weight is 254 g/mol. The Balaban J connectivity index is 2.24. The Morgan fingerprint density at radius 3 is 2.88 bits per heavy atom. The Bertz CT molecular complexity index is 349. The maximum absolute atomic E-state index is 11.7. The zero-order valence-corrected chi connectivity index (χ0v) is 11.8. The van der Waals surface area contributed by atoms with E-state index in [9.17, 15) is 4.79 Å². The first kappa shape index (κ1) is 14.2. The van der Waals surface area contributed by atoms with Crippen LogP contribution in [0.3, 0.4) is 0 Å². The van der Waals surface area contributed by atoms with Crippen molar-refractivity contribution in [1.82, 2.24) is 10.3 Å². The minimum atomic E-state index is 0.0827. The van der Waals surface area contributed by atoms with Gasteiger partial charge in [-0.1, -0.05) is 26.2 Å². The van der Waals surface area contributed by atoms with Crippen LogP contribution < -0.4 is 5.32 Å². The SMILES string of the molecule is CCCCCC(C)NC(=O)Cc1csc(C)n1. The number of unbranched alkanes of at least 4 members (excludes halogenated alkanes) is 2. The van der Waals surface area contributed by atoms with Crippen molar-refractivity contribution >= 4 is 17.2 Å². The van der Waals surface area contributed by atoms with Crippen LogP contribution in [0, 0.1) is 6.92 Å². The molecule has 96 valence electrons. The van der Waals surface area contributed by atoms with Gasteiger partial charge in [0.15, 0.2) is 0 Å². The molecule has 0 saturated heterocycles. The van der Waals surface area contributed by atoms with Gasteiger partial charge in [-0.25, -0.2) is 4.98 Å². The summed E-state index contributed by atoms with van der Waals surface area (Å²) < 4.78 is 0. The van der Waals surface area contributed by atoms with E-state index >= 15 is 0 Å². The van der Waals surface area contributed by atoms with Gasteiger partial charge < -0.3 is 5.32 Å². The number of nitrogens with one attached hydrogen (secondary N) is 1. The molecule has 0 radical (unpaired) electrons. The molecule has 1 heterocycles. The third-order valence-corrected chi connectivity index (χ3v) is 3.48. The molecule has 0 saturated carbocycles. The lowest BCUT2D eigenvalue weighted by Crippen LogP contribution is -2.33. The number of hydrogen-bond acceptors (Lipinski definition) is 3. The first-order chi connectivity index (χ1) is 8.11. The van der Waals surface area contributed by atoms with Crippen LogP contribution in [-0.4, -0.2) is 16.9 Å². The van der Waals surface area contributed by atoms with E-state index in [1.807, 2.05) is 12.3 Å². The first-order valence-corrected chi connectivity index (χ1v) is 7.20. The number of rotatable bonds is 7. The molecule has 1 aromatic heterocycles. The topological polar surface area (TPSA) is 42.0 Å². The van der Waals surface area contributed by atoms with Crippen LogP contribution in [-0.2, 0) is 11.2 Å². The standard InChI is InChI=1S/C13H22N2OS/c1-4-5-6-7-10(2)14-13(16)8-12-9-17-11(3)15-12/h9-10H,4-8H2,1-3H3,(H,14,16). The maximum atomic E-state index is 11.7. The van der Waals surface area contributed by atoms with Crippen molar-refractivity contribution < 1.29 is 4.79 Å². The average Bonchev–Trinajstić information content (AvgIpc) is 2.64. The highest BCUT2D eigenvalue weighted by Crippen LogP contribution is 2.09. The van der Waals surface area contributed by atoms with E-state index in [4.69, 9.17) is 0 Å². The van der Waals surface area contributed by atoms with Crippen molar-refractivity contribution in [2.45, 2.75) is 58.9 Å². The van der Waals surface area contributed by atoms with Crippen LogP contribution >= 0.6 is 11.3 Å².